The Balaban J connectivity index is 1.67. The minimum atomic E-state index is -0.885. The monoisotopic (exact) mass is 474 g/mol. The molecular formula is C26H29ClF2N2O2. The van der Waals surface area contributed by atoms with Gasteiger partial charge in [-0.05, 0) is 58.9 Å². The van der Waals surface area contributed by atoms with Crippen LogP contribution in [0.2, 0.25) is 5.02 Å². The minimum Gasteiger partial charge on any atom is -0.487 e. The first-order chi connectivity index (χ1) is 15.3. The molecule has 2 heterocycles. The molecule has 33 heavy (non-hydrogen) atoms. The largest absolute Gasteiger partial charge is 0.487 e. The quantitative estimate of drug-likeness (QED) is 0.306. The van der Waals surface area contributed by atoms with Gasteiger partial charge in [-0.25, -0.2) is 8.78 Å². The number of aromatic nitrogens is 2. The maximum absolute atomic E-state index is 15.1. The molecule has 7 heteroatoms. The molecule has 0 N–H and O–H groups in total. The summed E-state index contributed by atoms with van der Waals surface area (Å²) >= 11 is 6.66. The van der Waals surface area contributed by atoms with E-state index in [-0.39, 0.29) is 11.4 Å². The molecule has 0 bridgehead atoms. The summed E-state index contributed by atoms with van der Waals surface area (Å²) in [5.74, 6) is -1.16. The fraction of sp³-hybridized carbons (Fsp3) is 0.385. The van der Waals surface area contributed by atoms with Crippen molar-refractivity contribution in [3.63, 3.8) is 0 Å². The van der Waals surface area contributed by atoms with Crippen molar-refractivity contribution in [1.82, 2.24) is 9.13 Å². The summed E-state index contributed by atoms with van der Waals surface area (Å²) in [6, 6.07) is 8.72. The minimum absolute atomic E-state index is 0.326. The maximum Gasteiger partial charge on any atom is 0.192 e. The number of nitrogens with zero attached hydrogens (tertiary/aromatic N) is 2. The van der Waals surface area contributed by atoms with E-state index in [1.807, 2.05) is 64.4 Å². The van der Waals surface area contributed by atoms with E-state index in [4.69, 9.17) is 21.1 Å². The van der Waals surface area contributed by atoms with E-state index in [2.05, 4.69) is 0 Å². The molecule has 2 aromatic carbocycles. The van der Waals surface area contributed by atoms with Gasteiger partial charge in [-0.2, -0.15) is 0 Å². The summed E-state index contributed by atoms with van der Waals surface area (Å²) in [7, 11) is 3.68. The third-order valence-corrected chi connectivity index (χ3v) is 6.05. The molecule has 0 unspecified atom stereocenters. The molecule has 0 amide bonds. The Morgan fingerprint density at radius 2 is 1.61 bits per heavy atom. The van der Waals surface area contributed by atoms with E-state index in [9.17, 15) is 4.39 Å². The molecule has 0 radical (unpaired) electrons. The van der Waals surface area contributed by atoms with Crippen molar-refractivity contribution in [2.75, 3.05) is 0 Å². The van der Waals surface area contributed by atoms with Gasteiger partial charge in [-0.15, -0.1) is 0 Å². The first-order valence-electron chi connectivity index (χ1n) is 10.9. The molecule has 0 aliphatic heterocycles. The van der Waals surface area contributed by atoms with Crippen molar-refractivity contribution in [3.8, 4) is 11.5 Å². The van der Waals surface area contributed by atoms with Crippen molar-refractivity contribution in [3.05, 3.63) is 58.9 Å². The topological polar surface area (TPSA) is 28.3 Å². The molecular weight excluding hydrogens is 446 g/mol. The molecule has 4 aromatic rings. The van der Waals surface area contributed by atoms with Gasteiger partial charge in [0.25, 0.3) is 0 Å². The van der Waals surface area contributed by atoms with Crippen LogP contribution in [-0.2, 0) is 20.5 Å². The van der Waals surface area contributed by atoms with Crippen LogP contribution in [0.3, 0.4) is 0 Å². The molecule has 4 rings (SSSR count). The van der Waals surface area contributed by atoms with Crippen LogP contribution < -0.4 is 9.47 Å². The van der Waals surface area contributed by atoms with Crippen LogP contribution in [0.25, 0.3) is 21.8 Å². The normalized spacial score (nSPS) is 12.7. The van der Waals surface area contributed by atoms with Crippen LogP contribution in [0.4, 0.5) is 8.78 Å². The zero-order valence-corrected chi connectivity index (χ0v) is 20.8. The third-order valence-electron chi connectivity index (χ3n) is 5.66. The molecule has 176 valence electrons. The van der Waals surface area contributed by atoms with Crippen molar-refractivity contribution in [2.45, 2.75) is 52.2 Å². The van der Waals surface area contributed by atoms with Crippen molar-refractivity contribution in [2.24, 2.45) is 14.1 Å². The van der Waals surface area contributed by atoms with Gasteiger partial charge in [0.1, 0.15) is 17.0 Å². The number of fused-ring (bicyclic) bond motifs is 2. The maximum atomic E-state index is 15.1. The fourth-order valence-electron chi connectivity index (χ4n) is 4.15. The van der Waals surface area contributed by atoms with Gasteiger partial charge in [0.15, 0.2) is 17.4 Å². The highest BCUT2D eigenvalue weighted by Gasteiger charge is 2.28. The van der Waals surface area contributed by atoms with Gasteiger partial charge >= 0.3 is 0 Å². The van der Waals surface area contributed by atoms with E-state index < -0.39 is 17.2 Å². The standard InChI is InChI=1S/C26H29ClF2N2O2/c1-25(2,3)32-21-9-8-19-17(22(21)27)12-15(31(19)7)14-26(4,5)33-24-18(28)13-20-16(23(24)29)10-11-30(20)6/h8-13H,14H2,1-7H3. The number of ether oxygens (including phenoxy) is 2. The van der Waals surface area contributed by atoms with E-state index in [1.54, 1.807) is 23.9 Å². The van der Waals surface area contributed by atoms with Crippen LogP contribution in [0.1, 0.15) is 40.3 Å². The Labute approximate surface area is 197 Å². The lowest BCUT2D eigenvalue weighted by Gasteiger charge is -2.27. The second-order valence-electron chi connectivity index (χ2n) is 10.1. The molecule has 0 fully saturated rings. The average molecular weight is 475 g/mol. The molecule has 0 aliphatic rings. The second-order valence-corrected chi connectivity index (χ2v) is 10.5. The second kappa shape index (κ2) is 7.94. The summed E-state index contributed by atoms with van der Waals surface area (Å²) in [5.41, 5.74) is 1.08. The molecule has 2 aromatic heterocycles. The number of halogens is 3. The van der Waals surface area contributed by atoms with Gasteiger partial charge in [0.05, 0.1) is 10.5 Å². The lowest BCUT2D eigenvalue weighted by molar-refractivity contribution is 0.0967. The van der Waals surface area contributed by atoms with Gasteiger partial charge < -0.3 is 18.6 Å². The van der Waals surface area contributed by atoms with Crippen LogP contribution in [-0.4, -0.2) is 20.3 Å². The lowest BCUT2D eigenvalue weighted by Crippen LogP contribution is -2.32. The first kappa shape index (κ1) is 23.4. The number of hydrogen-bond acceptors (Lipinski definition) is 2. The van der Waals surface area contributed by atoms with E-state index >= 15 is 4.39 Å². The van der Waals surface area contributed by atoms with E-state index in [1.165, 1.54) is 6.07 Å². The Kier molecular flexibility index (Phi) is 5.64. The zero-order valence-electron chi connectivity index (χ0n) is 20.0. The Hall–Kier alpha value is -2.73. The predicted molar refractivity (Wildman–Crippen MR) is 130 cm³/mol. The summed E-state index contributed by atoms with van der Waals surface area (Å²) in [6.07, 6.45) is 2.11. The van der Waals surface area contributed by atoms with Crippen LogP contribution in [0.5, 0.6) is 11.5 Å². The molecule has 0 atom stereocenters. The smallest absolute Gasteiger partial charge is 0.192 e. The van der Waals surface area contributed by atoms with E-state index in [0.717, 1.165) is 16.6 Å². The number of rotatable bonds is 5. The highest BCUT2D eigenvalue weighted by Crippen LogP contribution is 2.38. The number of hydrogen-bond donors (Lipinski definition) is 0. The van der Waals surface area contributed by atoms with Crippen molar-refractivity contribution in [1.29, 1.82) is 0 Å². The Bertz CT molecular complexity index is 1360. The average Bonchev–Trinajstić information content (AvgIpc) is 3.21. The highest BCUT2D eigenvalue weighted by molar-refractivity contribution is 6.37. The van der Waals surface area contributed by atoms with Gasteiger partial charge in [-0.3, -0.25) is 0 Å². The highest BCUT2D eigenvalue weighted by atomic mass is 35.5. The molecule has 0 saturated carbocycles. The molecule has 0 aliphatic carbocycles. The Morgan fingerprint density at radius 1 is 0.909 bits per heavy atom. The molecule has 4 nitrogen and oxygen atoms in total. The van der Waals surface area contributed by atoms with Gasteiger partial charge in [0.2, 0.25) is 0 Å². The van der Waals surface area contributed by atoms with Crippen molar-refractivity contribution < 1.29 is 18.3 Å². The third kappa shape index (κ3) is 4.41. The summed E-state index contributed by atoms with van der Waals surface area (Å²) in [4.78, 5) is 0. The SMILES string of the molecule is Cn1ccc2c(F)c(OC(C)(C)Cc3cc4c(Cl)c(OC(C)(C)C)ccc4n3C)c(F)cc21. The van der Waals surface area contributed by atoms with Crippen LogP contribution >= 0.6 is 11.6 Å². The molecule has 0 spiro atoms. The van der Waals surface area contributed by atoms with E-state index in [0.29, 0.717) is 28.1 Å². The number of aryl methyl sites for hydroxylation is 2. The fourth-order valence-corrected chi connectivity index (χ4v) is 4.40. The summed E-state index contributed by atoms with van der Waals surface area (Å²) < 4.78 is 45.4. The Morgan fingerprint density at radius 3 is 2.27 bits per heavy atom. The summed E-state index contributed by atoms with van der Waals surface area (Å²) in [5, 5.41) is 1.72. The predicted octanol–water partition coefficient (Wildman–Crippen LogP) is 7.18. The summed E-state index contributed by atoms with van der Waals surface area (Å²) in [6.45, 7) is 9.53. The lowest BCUT2D eigenvalue weighted by atomic mass is 10.0. The van der Waals surface area contributed by atoms with Crippen LogP contribution in [0, 0.1) is 11.6 Å². The van der Waals surface area contributed by atoms with Crippen LogP contribution in [0.15, 0.2) is 36.5 Å². The van der Waals surface area contributed by atoms with Gasteiger partial charge in [0, 0.05) is 54.8 Å². The first-order valence-corrected chi connectivity index (χ1v) is 11.2. The van der Waals surface area contributed by atoms with Gasteiger partial charge in [-0.1, -0.05) is 11.6 Å². The molecule has 0 saturated heterocycles. The zero-order chi connectivity index (χ0) is 24.3. The van der Waals surface area contributed by atoms with Crippen molar-refractivity contribution >= 4 is 33.4 Å². The number of benzene rings is 2.